The predicted octanol–water partition coefficient (Wildman–Crippen LogP) is 11.1. The zero-order valence-electron chi connectivity index (χ0n) is 23.9. The van der Waals surface area contributed by atoms with Gasteiger partial charge in [0.1, 0.15) is 0 Å². The van der Waals surface area contributed by atoms with Crippen molar-refractivity contribution in [1.29, 1.82) is 0 Å². The Morgan fingerprint density at radius 3 is 1.55 bits per heavy atom. The second kappa shape index (κ2) is 9.86. The second-order valence-corrected chi connectivity index (χ2v) is 11.3. The van der Waals surface area contributed by atoms with Crippen LogP contribution in [-0.4, -0.2) is 9.97 Å². The molecule has 44 heavy (non-hydrogen) atoms. The van der Waals surface area contributed by atoms with Crippen molar-refractivity contribution in [2.24, 2.45) is 0 Å². The maximum absolute atomic E-state index is 4.96. The highest BCUT2D eigenvalue weighted by atomic mass is 14.8. The molecular formula is C42H26N2. The molecule has 0 fully saturated rings. The van der Waals surface area contributed by atoms with Crippen molar-refractivity contribution >= 4 is 21.5 Å². The standard InChI is InChI=1S/C42H26N2/c1-2-11-29(12-3-1)39-31-15-4-5-16-32(31)40(42-34-18-9-14-28-13-8-17-33(38(28)34)41(39)42)30-24-22-27(23-25-30)35-20-10-21-37(44-35)36-19-6-7-26-43-36/h1-26H. The van der Waals surface area contributed by atoms with E-state index in [4.69, 9.17) is 4.98 Å². The summed E-state index contributed by atoms with van der Waals surface area (Å²) >= 11 is 0. The Morgan fingerprint density at radius 1 is 0.341 bits per heavy atom. The largest absolute Gasteiger partial charge is 0.255 e. The van der Waals surface area contributed by atoms with Gasteiger partial charge in [0.05, 0.1) is 17.1 Å². The van der Waals surface area contributed by atoms with E-state index in [9.17, 15) is 0 Å². The highest BCUT2D eigenvalue weighted by Gasteiger charge is 2.30. The fourth-order valence-electron chi connectivity index (χ4n) is 7.00. The molecule has 0 radical (unpaired) electrons. The molecule has 6 aromatic carbocycles. The molecule has 1 aliphatic carbocycles. The summed E-state index contributed by atoms with van der Waals surface area (Å²) in [6, 6.07) is 54.2. The SMILES string of the molecule is c1ccc(-c2c3c(c(-c4ccc(-c5cccc(-c6ccccn6)n5)cc4)c4ccccc24)-c2cccc4cccc-3c24)cc1. The molecule has 1 aliphatic rings. The van der Waals surface area contributed by atoms with Gasteiger partial charge in [0.15, 0.2) is 0 Å². The first-order chi connectivity index (χ1) is 21.8. The Bertz CT molecular complexity index is 2350. The number of hydrogen-bond acceptors (Lipinski definition) is 2. The predicted molar refractivity (Wildman–Crippen MR) is 183 cm³/mol. The van der Waals surface area contributed by atoms with Crippen LogP contribution in [0.1, 0.15) is 0 Å². The summed E-state index contributed by atoms with van der Waals surface area (Å²) in [6.07, 6.45) is 1.81. The van der Waals surface area contributed by atoms with Crippen LogP contribution in [0.3, 0.4) is 0 Å². The van der Waals surface area contributed by atoms with Gasteiger partial charge in [-0.05, 0) is 90.3 Å². The fraction of sp³-hybridized carbons (Fsp3) is 0. The van der Waals surface area contributed by atoms with Crippen LogP contribution in [-0.2, 0) is 0 Å². The fourth-order valence-corrected chi connectivity index (χ4v) is 7.00. The van der Waals surface area contributed by atoms with Gasteiger partial charge in [-0.25, -0.2) is 4.98 Å². The smallest absolute Gasteiger partial charge is 0.0893 e. The van der Waals surface area contributed by atoms with Gasteiger partial charge in [-0.3, -0.25) is 4.98 Å². The quantitative estimate of drug-likeness (QED) is 0.215. The number of nitrogens with zero attached hydrogens (tertiary/aromatic N) is 2. The Morgan fingerprint density at radius 2 is 0.886 bits per heavy atom. The first-order valence-electron chi connectivity index (χ1n) is 15.0. The van der Waals surface area contributed by atoms with Crippen molar-refractivity contribution < 1.29 is 0 Å². The average molecular weight is 559 g/mol. The van der Waals surface area contributed by atoms with Crippen molar-refractivity contribution in [2.45, 2.75) is 0 Å². The summed E-state index contributed by atoms with van der Waals surface area (Å²) in [5, 5.41) is 5.15. The summed E-state index contributed by atoms with van der Waals surface area (Å²) in [4.78, 5) is 9.46. The zero-order chi connectivity index (χ0) is 29.0. The van der Waals surface area contributed by atoms with E-state index >= 15 is 0 Å². The lowest BCUT2D eigenvalue weighted by Gasteiger charge is -2.20. The number of fused-ring (bicyclic) bond motifs is 4. The molecule has 2 heterocycles. The molecule has 0 atom stereocenters. The molecule has 0 saturated carbocycles. The monoisotopic (exact) mass is 558 g/mol. The Balaban J connectivity index is 1.29. The number of aromatic nitrogens is 2. The maximum Gasteiger partial charge on any atom is 0.0893 e. The summed E-state index contributed by atoms with van der Waals surface area (Å²) in [6.45, 7) is 0. The van der Waals surface area contributed by atoms with Crippen LogP contribution in [0.5, 0.6) is 0 Å². The van der Waals surface area contributed by atoms with Gasteiger partial charge in [-0.1, -0.05) is 127 Å². The molecule has 0 bridgehead atoms. The van der Waals surface area contributed by atoms with E-state index in [2.05, 4.69) is 132 Å². The van der Waals surface area contributed by atoms with Crippen LogP contribution < -0.4 is 0 Å². The van der Waals surface area contributed by atoms with Gasteiger partial charge < -0.3 is 0 Å². The summed E-state index contributed by atoms with van der Waals surface area (Å²) in [7, 11) is 0. The van der Waals surface area contributed by atoms with Crippen LogP contribution in [0.2, 0.25) is 0 Å². The van der Waals surface area contributed by atoms with Crippen LogP contribution >= 0.6 is 0 Å². The Kier molecular flexibility index (Phi) is 5.54. The van der Waals surface area contributed by atoms with Gasteiger partial charge in [0.25, 0.3) is 0 Å². The molecular weight excluding hydrogens is 532 g/mol. The molecule has 2 heteroatoms. The lowest BCUT2D eigenvalue weighted by Crippen LogP contribution is -1.94. The molecule has 0 saturated heterocycles. The van der Waals surface area contributed by atoms with Crippen LogP contribution in [0.15, 0.2) is 158 Å². The molecule has 0 spiro atoms. The lowest BCUT2D eigenvalue weighted by molar-refractivity contribution is 1.25. The Hall–Kier alpha value is -5.86. The summed E-state index contributed by atoms with van der Waals surface area (Å²) in [5.41, 5.74) is 14.0. The number of benzene rings is 6. The van der Waals surface area contributed by atoms with E-state index in [-0.39, 0.29) is 0 Å². The maximum atomic E-state index is 4.96. The molecule has 8 aromatic rings. The van der Waals surface area contributed by atoms with Crippen molar-refractivity contribution in [2.75, 3.05) is 0 Å². The zero-order valence-corrected chi connectivity index (χ0v) is 23.9. The third-order valence-electron chi connectivity index (χ3n) is 8.87. The van der Waals surface area contributed by atoms with Gasteiger partial charge >= 0.3 is 0 Å². The number of rotatable bonds is 4. The van der Waals surface area contributed by atoms with Crippen molar-refractivity contribution in [1.82, 2.24) is 9.97 Å². The summed E-state index contributed by atoms with van der Waals surface area (Å²) < 4.78 is 0. The second-order valence-electron chi connectivity index (χ2n) is 11.3. The number of pyridine rings is 2. The molecule has 9 rings (SSSR count). The van der Waals surface area contributed by atoms with E-state index in [0.717, 1.165) is 22.6 Å². The first kappa shape index (κ1) is 24.7. The first-order valence-corrected chi connectivity index (χ1v) is 15.0. The third-order valence-corrected chi connectivity index (χ3v) is 8.87. The highest BCUT2D eigenvalue weighted by Crippen LogP contribution is 2.57. The molecule has 0 aliphatic heterocycles. The van der Waals surface area contributed by atoms with E-state index < -0.39 is 0 Å². The highest BCUT2D eigenvalue weighted by molar-refractivity contribution is 6.27. The molecule has 204 valence electrons. The van der Waals surface area contributed by atoms with E-state index in [1.165, 1.54) is 66.1 Å². The minimum atomic E-state index is 0.873. The van der Waals surface area contributed by atoms with Crippen molar-refractivity contribution in [3.8, 4) is 67.2 Å². The molecule has 0 unspecified atom stereocenters. The van der Waals surface area contributed by atoms with Gasteiger partial charge in [0, 0.05) is 11.8 Å². The topological polar surface area (TPSA) is 25.8 Å². The third kappa shape index (κ3) is 3.75. The van der Waals surface area contributed by atoms with Gasteiger partial charge in [0.2, 0.25) is 0 Å². The van der Waals surface area contributed by atoms with Crippen LogP contribution in [0.4, 0.5) is 0 Å². The average Bonchev–Trinajstić information content (AvgIpc) is 3.43. The molecule has 2 aromatic heterocycles. The molecule has 0 N–H and O–H groups in total. The lowest BCUT2D eigenvalue weighted by atomic mass is 9.82. The Labute approximate surface area is 256 Å². The van der Waals surface area contributed by atoms with E-state index in [0.29, 0.717) is 0 Å². The summed E-state index contributed by atoms with van der Waals surface area (Å²) in [5.74, 6) is 0. The molecule has 0 amide bonds. The van der Waals surface area contributed by atoms with Crippen molar-refractivity contribution in [3.05, 3.63) is 158 Å². The number of hydrogen-bond donors (Lipinski definition) is 0. The minimum absolute atomic E-state index is 0.873. The molecule has 2 nitrogen and oxygen atoms in total. The van der Waals surface area contributed by atoms with Crippen LogP contribution in [0.25, 0.3) is 88.7 Å². The van der Waals surface area contributed by atoms with Gasteiger partial charge in [-0.15, -0.1) is 0 Å². The van der Waals surface area contributed by atoms with Crippen LogP contribution in [0, 0.1) is 0 Å². The van der Waals surface area contributed by atoms with E-state index in [1.54, 1.807) is 0 Å². The van der Waals surface area contributed by atoms with E-state index in [1.807, 2.05) is 30.5 Å². The minimum Gasteiger partial charge on any atom is -0.255 e. The van der Waals surface area contributed by atoms with Gasteiger partial charge in [-0.2, -0.15) is 0 Å². The normalized spacial score (nSPS) is 11.6. The van der Waals surface area contributed by atoms with Crippen molar-refractivity contribution in [3.63, 3.8) is 0 Å².